The molecule has 35 heavy (non-hydrogen) atoms. The summed E-state index contributed by atoms with van der Waals surface area (Å²) < 4.78 is 2.59. The van der Waals surface area contributed by atoms with Gasteiger partial charge in [0.15, 0.2) is 5.65 Å². The van der Waals surface area contributed by atoms with Crippen molar-refractivity contribution in [1.82, 2.24) is 19.9 Å². The summed E-state index contributed by atoms with van der Waals surface area (Å²) in [5.41, 5.74) is 4.58. The van der Waals surface area contributed by atoms with Crippen LogP contribution >= 0.6 is 27.5 Å². The molecule has 1 aliphatic rings. The van der Waals surface area contributed by atoms with E-state index in [0.29, 0.717) is 23.8 Å². The third kappa shape index (κ3) is 5.52. The molecular weight excluding hydrogens is 526 g/mol. The Kier molecular flexibility index (Phi) is 7.35. The zero-order valence-corrected chi connectivity index (χ0v) is 21.6. The number of anilines is 1. The van der Waals surface area contributed by atoms with E-state index in [0.717, 1.165) is 45.5 Å². The second-order valence-corrected chi connectivity index (χ2v) is 10.2. The molecule has 2 aromatic heterocycles. The van der Waals surface area contributed by atoms with Crippen LogP contribution in [-0.2, 0) is 17.9 Å². The second-order valence-electron chi connectivity index (χ2n) is 8.96. The lowest BCUT2D eigenvalue weighted by atomic mass is 9.88. The highest BCUT2D eigenvalue weighted by Crippen LogP contribution is 2.30. The molecule has 0 atom stereocenters. The van der Waals surface area contributed by atoms with Crippen LogP contribution < -0.4 is 10.6 Å². The molecule has 2 aromatic carbocycles. The molecule has 0 spiro atoms. The number of nitrogens with one attached hydrogen (secondary N) is 2. The molecule has 0 aliphatic heterocycles. The number of aromatic nitrogens is 3. The number of benzene rings is 2. The van der Waals surface area contributed by atoms with Gasteiger partial charge in [0.05, 0.1) is 16.4 Å². The smallest absolute Gasteiger partial charge is 0.223 e. The van der Waals surface area contributed by atoms with Crippen molar-refractivity contribution in [3.05, 3.63) is 81.4 Å². The second kappa shape index (κ2) is 10.8. The number of fused-ring (bicyclic) bond motifs is 1. The summed E-state index contributed by atoms with van der Waals surface area (Å²) in [5, 5.41) is 11.7. The van der Waals surface area contributed by atoms with Crippen molar-refractivity contribution in [3.8, 4) is 11.3 Å². The Bertz CT molecular complexity index is 1330. The predicted octanol–water partition coefficient (Wildman–Crippen LogP) is 6.62. The van der Waals surface area contributed by atoms with Crippen LogP contribution in [0.4, 0.5) is 5.82 Å². The topological polar surface area (TPSA) is 71.3 Å². The summed E-state index contributed by atoms with van der Waals surface area (Å²) >= 11 is 9.98. The fourth-order valence-electron chi connectivity index (χ4n) is 4.53. The van der Waals surface area contributed by atoms with Crippen LogP contribution in [-0.4, -0.2) is 20.5 Å². The third-order valence-electron chi connectivity index (χ3n) is 6.52. The maximum atomic E-state index is 12.4. The molecule has 2 N–H and O–H groups in total. The molecule has 8 heteroatoms. The number of hydrogen-bond acceptors (Lipinski definition) is 4. The Labute approximate surface area is 218 Å². The zero-order valence-electron chi connectivity index (χ0n) is 19.3. The molecule has 6 nitrogen and oxygen atoms in total. The fraction of sp³-hybridized carbons (Fsp3) is 0.296. The monoisotopic (exact) mass is 551 g/mol. The summed E-state index contributed by atoms with van der Waals surface area (Å²) in [4.78, 5) is 17.2. The highest BCUT2D eigenvalue weighted by Gasteiger charge is 2.20. The van der Waals surface area contributed by atoms with E-state index in [-0.39, 0.29) is 11.8 Å². The van der Waals surface area contributed by atoms with Crippen LogP contribution in [0.1, 0.15) is 43.2 Å². The first-order valence-electron chi connectivity index (χ1n) is 12.0. The van der Waals surface area contributed by atoms with Gasteiger partial charge in [-0.25, -0.2) is 4.98 Å². The van der Waals surface area contributed by atoms with Crippen LogP contribution in [0.5, 0.6) is 0 Å². The predicted molar refractivity (Wildman–Crippen MR) is 143 cm³/mol. The first-order chi connectivity index (χ1) is 17.1. The van der Waals surface area contributed by atoms with Gasteiger partial charge in [-0.2, -0.15) is 9.61 Å². The van der Waals surface area contributed by atoms with E-state index >= 15 is 0 Å². The quantitative estimate of drug-likeness (QED) is 0.270. The standard InChI is InChI=1S/C27H27BrClN5O/c28-22-17-32-34-25(14-24(33-26(22)34)21-8-4-5-9-23(21)29)30-15-18-10-12-19(13-11-18)16-31-27(35)20-6-2-1-3-7-20/h4-5,8-14,17,20,30H,1-3,6-7,15-16H2,(H,31,35). The van der Waals surface area contributed by atoms with Gasteiger partial charge in [0.25, 0.3) is 0 Å². The first-order valence-corrected chi connectivity index (χ1v) is 13.1. The number of carbonyl (C=O) groups excluding carboxylic acids is 1. The van der Waals surface area contributed by atoms with Crippen LogP contribution in [0, 0.1) is 5.92 Å². The van der Waals surface area contributed by atoms with Crippen LogP contribution in [0.15, 0.2) is 65.3 Å². The molecule has 1 amide bonds. The molecule has 1 saturated carbocycles. The Balaban J connectivity index is 1.27. The number of nitrogens with zero attached hydrogens (tertiary/aromatic N) is 3. The summed E-state index contributed by atoms with van der Waals surface area (Å²) in [5.74, 6) is 1.19. The van der Waals surface area contributed by atoms with Gasteiger partial charge in [0.2, 0.25) is 5.91 Å². The van der Waals surface area contributed by atoms with E-state index in [2.05, 4.69) is 55.9 Å². The Morgan fingerprint density at radius 2 is 1.74 bits per heavy atom. The van der Waals surface area contributed by atoms with Gasteiger partial charge < -0.3 is 10.6 Å². The lowest BCUT2D eigenvalue weighted by molar-refractivity contribution is -0.126. The van der Waals surface area contributed by atoms with E-state index < -0.39 is 0 Å². The molecule has 0 bridgehead atoms. The van der Waals surface area contributed by atoms with Gasteiger partial charge in [-0.1, -0.05) is 73.3 Å². The van der Waals surface area contributed by atoms with Gasteiger partial charge in [-0.3, -0.25) is 4.79 Å². The van der Waals surface area contributed by atoms with Crippen molar-refractivity contribution in [3.63, 3.8) is 0 Å². The highest BCUT2D eigenvalue weighted by atomic mass is 79.9. The molecular formula is C27H27BrClN5O. The number of carbonyl (C=O) groups is 1. The molecule has 0 saturated heterocycles. The van der Waals surface area contributed by atoms with Crippen molar-refractivity contribution in [2.24, 2.45) is 5.92 Å². The number of hydrogen-bond donors (Lipinski definition) is 2. The summed E-state index contributed by atoms with van der Waals surface area (Å²) in [7, 11) is 0. The molecule has 1 aliphatic carbocycles. The Morgan fingerprint density at radius 3 is 2.49 bits per heavy atom. The highest BCUT2D eigenvalue weighted by molar-refractivity contribution is 9.10. The number of rotatable bonds is 7. The van der Waals surface area contributed by atoms with Gasteiger partial charge in [-0.05, 0) is 46.0 Å². The van der Waals surface area contributed by atoms with Crippen molar-refractivity contribution in [2.45, 2.75) is 45.2 Å². The Hall–Kier alpha value is -2.90. The van der Waals surface area contributed by atoms with Gasteiger partial charge >= 0.3 is 0 Å². The molecule has 180 valence electrons. The van der Waals surface area contributed by atoms with Gasteiger partial charge in [0, 0.05) is 35.7 Å². The van der Waals surface area contributed by atoms with E-state index in [9.17, 15) is 4.79 Å². The summed E-state index contributed by atoms with van der Waals surface area (Å²) in [6.07, 6.45) is 7.36. The van der Waals surface area contributed by atoms with E-state index in [1.54, 1.807) is 10.7 Å². The zero-order chi connectivity index (χ0) is 24.2. The minimum absolute atomic E-state index is 0.183. The third-order valence-corrected chi connectivity index (χ3v) is 7.41. The summed E-state index contributed by atoms with van der Waals surface area (Å²) in [6, 6.07) is 17.9. The van der Waals surface area contributed by atoms with Crippen molar-refractivity contribution in [2.75, 3.05) is 5.32 Å². The van der Waals surface area contributed by atoms with Gasteiger partial charge in [-0.15, -0.1) is 0 Å². The lowest BCUT2D eigenvalue weighted by Crippen LogP contribution is -2.31. The largest absolute Gasteiger partial charge is 0.366 e. The first kappa shape index (κ1) is 23.8. The maximum absolute atomic E-state index is 12.4. The van der Waals surface area contributed by atoms with Crippen LogP contribution in [0.25, 0.3) is 16.9 Å². The molecule has 1 fully saturated rings. The van der Waals surface area contributed by atoms with E-state index in [4.69, 9.17) is 16.6 Å². The van der Waals surface area contributed by atoms with Crippen molar-refractivity contribution in [1.29, 1.82) is 0 Å². The van der Waals surface area contributed by atoms with E-state index in [1.807, 2.05) is 30.3 Å². The lowest BCUT2D eigenvalue weighted by Gasteiger charge is -2.20. The average Bonchev–Trinajstić information content (AvgIpc) is 3.28. The molecule has 0 unspecified atom stereocenters. The molecule has 4 aromatic rings. The molecule has 0 radical (unpaired) electrons. The fourth-order valence-corrected chi connectivity index (χ4v) is 5.12. The summed E-state index contributed by atoms with van der Waals surface area (Å²) in [6.45, 7) is 1.18. The normalized spacial score (nSPS) is 14.2. The maximum Gasteiger partial charge on any atom is 0.223 e. The molecule has 5 rings (SSSR count). The van der Waals surface area contributed by atoms with Crippen LogP contribution in [0.2, 0.25) is 5.02 Å². The minimum atomic E-state index is 0.183. The van der Waals surface area contributed by atoms with Gasteiger partial charge in [0.1, 0.15) is 5.82 Å². The number of halogens is 2. The molecule has 2 heterocycles. The van der Waals surface area contributed by atoms with Crippen LogP contribution in [0.3, 0.4) is 0 Å². The Morgan fingerprint density at radius 1 is 1.03 bits per heavy atom. The van der Waals surface area contributed by atoms with Crippen molar-refractivity contribution >= 4 is 44.9 Å². The average molecular weight is 553 g/mol. The van der Waals surface area contributed by atoms with E-state index in [1.165, 1.54) is 19.3 Å². The number of amides is 1. The van der Waals surface area contributed by atoms with Crippen molar-refractivity contribution < 1.29 is 4.79 Å². The minimum Gasteiger partial charge on any atom is -0.366 e. The SMILES string of the molecule is O=C(NCc1ccc(CNc2cc(-c3ccccc3Cl)nc3c(Br)cnn23)cc1)C1CCCCC1.